The fraction of sp³-hybridized carbons (Fsp3) is 0.200. The number of halogens is 1. The second-order valence-corrected chi connectivity index (χ2v) is 4.11. The lowest BCUT2D eigenvalue weighted by molar-refractivity contribution is -0.132. The summed E-state index contributed by atoms with van der Waals surface area (Å²) in [7, 11) is 0. The largest absolute Gasteiger partial charge is 0.483 e. The Morgan fingerprint density at radius 2 is 1.90 bits per heavy atom. The van der Waals surface area contributed by atoms with Gasteiger partial charge in [-0.3, -0.25) is 4.79 Å². The first kappa shape index (κ1) is 16.4. The highest BCUT2D eigenvalue weighted by molar-refractivity contribution is 5.91. The van der Waals surface area contributed by atoms with Crippen molar-refractivity contribution in [3.8, 4) is 5.75 Å². The number of hydrogen-bond donors (Lipinski definition) is 1. The zero-order valence-corrected chi connectivity index (χ0v) is 11.4. The van der Waals surface area contributed by atoms with Crippen LogP contribution in [0.1, 0.15) is 10.4 Å². The molecule has 0 aliphatic carbocycles. The maximum Gasteiger partial charge on any atom is 0.339 e. The number of aromatic carboxylic acids is 1. The van der Waals surface area contributed by atoms with Crippen molar-refractivity contribution in [2.24, 2.45) is 0 Å². The molecule has 0 aliphatic rings. The summed E-state index contributed by atoms with van der Waals surface area (Å²) in [5, 5.41) is 8.98. The normalized spacial score (nSPS) is 9.76. The highest BCUT2D eigenvalue weighted by atomic mass is 19.1. The molecular weight excluding hydrogens is 277 g/mol. The van der Waals surface area contributed by atoms with Crippen molar-refractivity contribution in [3.63, 3.8) is 0 Å². The molecule has 1 aromatic carbocycles. The Morgan fingerprint density at radius 3 is 2.43 bits per heavy atom. The maximum absolute atomic E-state index is 13.1. The van der Waals surface area contributed by atoms with Crippen LogP contribution in [0.15, 0.2) is 43.5 Å². The van der Waals surface area contributed by atoms with E-state index < -0.39 is 18.4 Å². The van der Waals surface area contributed by atoms with E-state index in [1.54, 1.807) is 12.2 Å². The molecule has 0 aromatic heterocycles. The smallest absolute Gasteiger partial charge is 0.339 e. The van der Waals surface area contributed by atoms with Crippen LogP contribution in [0.5, 0.6) is 5.75 Å². The summed E-state index contributed by atoms with van der Waals surface area (Å²) < 4.78 is 18.3. The van der Waals surface area contributed by atoms with Crippen molar-refractivity contribution in [2.45, 2.75) is 0 Å². The molecule has 0 atom stereocenters. The fourth-order valence-corrected chi connectivity index (χ4v) is 1.61. The molecule has 5 nitrogen and oxygen atoms in total. The van der Waals surface area contributed by atoms with Gasteiger partial charge in [-0.15, -0.1) is 13.2 Å². The monoisotopic (exact) mass is 293 g/mol. The number of carboxylic acid groups (broad SMARTS) is 1. The molecule has 0 saturated heterocycles. The lowest BCUT2D eigenvalue weighted by Gasteiger charge is -2.19. The zero-order chi connectivity index (χ0) is 15.8. The molecule has 0 aliphatic heterocycles. The number of ether oxygens (including phenoxy) is 1. The van der Waals surface area contributed by atoms with Crippen LogP contribution in [0, 0.1) is 5.82 Å². The Kier molecular flexibility index (Phi) is 6.13. The second-order valence-electron chi connectivity index (χ2n) is 4.11. The molecule has 0 radical (unpaired) electrons. The van der Waals surface area contributed by atoms with E-state index in [0.717, 1.165) is 18.2 Å². The van der Waals surface area contributed by atoms with Crippen LogP contribution in [-0.2, 0) is 4.79 Å². The summed E-state index contributed by atoms with van der Waals surface area (Å²) >= 11 is 0. The predicted octanol–water partition coefficient (Wildman–Crippen LogP) is 2.10. The highest BCUT2D eigenvalue weighted by Gasteiger charge is 2.16. The van der Waals surface area contributed by atoms with Crippen molar-refractivity contribution in [2.75, 3.05) is 19.7 Å². The van der Waals surface area contributed by atoms with Gasteiger partial charge in [0.2, 0.25) is 0 Å². The number of carboxylic acids is 1. The van der Waals surface area contributed by atoms with E-state index in [4.69, 9.17) is 9.84 Å². The van der Waals surface area contributed by atoms with E-state index in [1.165, 1.54) is 4.90 Å². The van der Waals surface area contributed by atoms with E-state index in [0.29, 0.717) is 13.1 Å². The number of carbonyl (C=O) groups excluding carboxylic acids is 1. The highest BCUT2D eigenvalue weighted by Crippen LogP contribution is 2.20. The summed E-state index contributed by atoms with van der Waals surface area (Å²) in [5.41, 5.74) is -0.205. The molecular formula is C15H16FNO4. The van der Waals surface area contributed by atoms with Crippen LogP contribution in [-0.4, -0.2) is 41.6 Å². The van der Waals surface area contributed by atoms with Crippen LogP contribution in [0.25, 0.3) is 0 Å². The summed E-state index contributed by atoms with van der Waals surface area (Å²) in [5.74, 6) is -2.47. The third-order valence-corrected chi connectivity index (χ3v) is 2.58. The minimum Gasteiger partial charge on any atom is -0.483 e. The predicted molar refractivity (Wildman–Crippen MR) is 75.8 cm³/mol. The van der Waals surface area contributed by atoms with Crippen molar-refractivity contribution in [3.05, 3.63) is 54.9 Å². The van der Waals surface area contributed by atoms with Gasteiger partial charge in [-0.25, -0.2) is 9.18 Å². The van der Waals surface area contributed by atoms with Crippen LogP contribution in [0.3, 0.4) is 0 Å². The standard InChI is InChI=1S/C15H16FNO4/c1-3-7-17(8-4-2)14(18)10-21-13-9-11(16)5-6-12(13)15(19)20/h3-6,9H,1-2,7-8,10H2,(H,19,20). The Balaban J connectivity index is 2.80. The van der Waals surface area contributed by atoms with Gasteiger partial charge in [0.25, 0.3) is 5.91 Å². The van der Waals surface area contributed by atoms with Gasteiger partial charge in [-0.2, -0.15) is 0 Å². The number of nitrogens with zero attached hydrogens (tertiary/aromatic N) is 1. The van der Waals surface area contributed by atoms with E-state index in [1.807, 2.05) is 0 Å². The fourth-order valence-electron chi connectivity index (χ4n) is 1.61. The second kappa shape index (κ2) is 7.84. The molecule has 21 heavy (non-hydrogen) atoms. The third kappa shape index (κ3) is 4.76. The SMILES string of the molecule is C=CCN(CC=C)C(=O)COc1cc(F)ccc1C(=O)O. The summed E-state index contributed by atoms with van der Waals surface area (Å²) in [6.45, 7) is 7.29. The Labute approximate surface area is 121 Å². The van der Waals surface area contributed by atoms with E-state index in [2.05, 4.69) is 13.2 Å². The molecule has 0 spiro atoms. The molecule has 1 amide bonds. The number of carbonyl (C=O) groups is 2. The first-order valence-electron chi connectivity index (χ1n) is 6.14. The minimum atomic E-state index is -1.26. The van der Waals surface area contributed by atoms with Crippen molar-refractivity contribution in [1.82, 2.24) is 4.90 Å². The van der Waals surface area contributed by atoms with Gasteiger partial charge in [0.05, 0.1) is 0 Å². The Bertz CT molecular complexity index is 547. The van der Waals surface area contributed by atoms with Gasteiger partial charge in [-0.1, -0.05) is 12.2 Å². The maximum atomic E-state index is 13.1. The summed E-state index contributed by atoms with van der Waals surface area (Å²) in [6, 6.07) is 3.03. The first-order valence-corrected chi connectivity index (χ1v) is 6.14. The Hall–Kier alpha value is -2.63. The number of hydrogen-bond acceptors (Lipinski definition) is 3. The van der Waals surface area contributed by atoms with Crippen LogP contribution in [0.4, 0.5) is 4.39 Å². The van der Waals surface area contributed by atoms with Gasteiger partial charge in [0, 0.05) is 19.2 Å². The first-order chi connectivity index (χ1) is 9.99. The molecule has 112 valence electrons. The molecule has 0 heterocycles. The van der Waals surface area contributed by atoms with Crippen LogP contribution >= 0.6 is 0 Å². The average molecular weight is 293 g/mol. The number of benzene rings is 1. The summed E-state index contributed by atoms with van der Waals surface area (Å²) in [6.07, 6.45) is 3.10. The van der Waals surface area contributed by atoms with Gasteiger partial charge in [0.15, 0.2) is 6.61 Å². The van der Waals surface area contributed by atoms with E-state index >= 15 is 0 Å². The van der Waals surface area contributed by atoms with Gasteiger partial charge in [-0.05, 0) is 12.1 Å². The molecule has 0 fully saturated rings. The quantitative estimate of drug-likeness (QED) is 0.745. The zero-order valence-electron chi connectivity index (χ0n) is 11.4. The molecule has 1 N–H and O–H groups in total. The van der Waals surface area contributed by atoms with E-state index in [9.17, 15) is 14.0 Å². The van der Waals surface area contributed by atoms with Crippen molar-refractivity contribution >= 4 is 11.9 Å². The lowest BCUT2D eigenvalue weighted by atomic mass is 10.2. The molecule has 0 saturated carbocycles. The third-order valence-electron chi connectivity index (χ3n) is 2.58. The van der Waals surface area contributed by atoms with Crippen LogP contribution in [0.2, 0.25) is 0 Å². The lowest BCUT2D eigenvalue weighted by Crippen LogP contribution is -2.35. The number of rotatable bonds is 8. The van der Waals surface area contributed by atoms with Crippen molar-refractivity contribution < 1.29 is 23.8 Å². The van der Waals surface area contributed by atoms with Crippen LogP contribution < -0.4 is 4.74 Å². The Morgan fingerprint density at radius 1 is 1.29 bits per heavy atom. The number of amides is 1. The van der Waals surface area contributed by atoms with Gasteiger partial charge < -0.3 is 14.7 Å². The minimum absolute atomic E-state index is 0.187. The van der Waals surface area contributed by atoms with E-state index in [-0.39, 0.29) is 17.2 Å². The molecule has 1 aromatic rings. The molecule has 0 bridgehead atoms. The molecule has 6 heteroatoms. The topological polar surface area (TPSA) is 66.8 Å². The van der Waals surface area contributed by atoms with Gasteiger partial charge in [0.1, 0.15) is 17.1 Å². The summed E-state index contributed by atoms with van der Waals surface area (Å²) in [4.78, 5) is 24.3. The average Bonchev–Trinajstić information content (AvgIpc) is 2.44. The van der Waals surface area contributed by atoms with Crippen molar-refractivity contribution in [1.29, 1.82) is 0 Å². The van der Waals surface area contributed by atoms with Gasteiger partial charge >= 0.3 is 5.97 Å². The molecule has 1 rings (SSSR count). The molecule has 0 unspecified atom stereocenters.